The molecule has 8 heteroatoms. The summed E-state index contributed by atoms with van der Waals surface area (Å²) >= 11 is 0. The number of aliphatic carboxylic acids is 2. The minimum Gasteiger partial charge on any atom is -0.486 e. The van der Waals surface area contributed by atoms with Crippen molar-refractivity contribution in [1.82, 2.24) is 9.13 Å². The highest BCUT2D eigenvalue weighted by Gasteiger charge is 2.16. The molecule has 0 amide bonds. The molecule has 0 atom stereocenters. The summed E-state index contributed by atoms with van der Waals surface area (Å²) in [5.41, 5.74) is 11.0. The zero-order valence-corrected chi connectivity index (χ0v) is 30.7. The van der Waals surface area contributed by atoms with E-state index < -0.39 is 11.9 Å². The topological polar surface area (TPSA) is 113 Å². The van der Waals surface area contributed by atoms with Crippen molar-refractivity contribution in [3.63, 3.8) is 0 Å². The molecule has 7 aromatic carbocycles. The minimum atomic E-state index is -1.25. The van der Waals surface area contributed by atoms with Crippen LogP contribution in [0.1, 0.15) is 11.1 Å². The Bertz CT molecular complexity index is 3060. The lowest BCUT2D eigenvalue weighted by atomic mass is 9.98. The Balaban J connectivity index is 1.05. The van der Waals surface area contributed by atoms with Crippen LogP contribution >= 0.6 is 0 Å². The molecule has 0 saturated carbocycles. The highest BCUT2D eigenvalue weighted by Crippen LogP contribution is 2.38. The molecule has 2 N–H and O–H groups in total. The number of hydrogen-bond acceptors (Lipinski definition) is 3. The fraction of sp³-hybridized carbons (Fsp3) is 0. The molecule has 2 heterocycles. The highest BCUT2D eigenvalue weighted by atomic mass is 16.4. The normalized spacial score (nSPS) is 11.9. The molecule has 9 aromatic rings. The fourth-order valence-electron chi connectivity index (χ4n) is 7.76. The molecular formula is C50H30N4O4. The molecular weight excluding hydrogens is 721 g/mol. The molecule has 0 spiro atoms. The zero-order valence-electron chi connectivity index (χ0n) is 30.7. The molecule has 0 aliphatic heterocycles. The molecule has 0 aliphatic rings. The van der Waals surface area contributed by atoms with Crippen LogP contribution in [0.2, 0.25) is 0 Å². The third-order valence-corrected chi connectivity index (χ3v) is 10.5. The van der Waals surface area contributed by atoms with Crippen LogP contribution in [-0.4, -0.2) is 31.3 Å². The number of rotatable bonds is 8. The Hall–Kier alpha value is -8.46. The number of nitriles is 1. The van der Waals surface area contributed by atoms with Gasteiger partial charge in [-0.1, -0.05) is 97.1 Å². The van der Waals surface area contributed by atoms with Crippen LogP contribution in [-0.2, 0) is 9.59 Å². The van der Waals surface area contributed by atoms with E-state index in [-0.39, 0.29) is 11.3 Å². The Morgan fingerprint density at radius 3 is 1.34 bits per heavy atom. The first-order valence-corrected chi connectivity index (χ1v) is 18.4. The molecule has 0 aliphatic carbocycles. The molecule has 0 unspecified atom stereocenters. The van der Waals surface area contributed by atoms with Crippen molar-refractivity contribution in [1.29, 1.82) is 5.26 Å². The lowest BCUT2D eigenvalue weighted by Gasteiger charge is -2.10. The quantitative estimate of drug-likeness (QED) is 0.0912. The predicted octanol–water partition coefficient (Wildman–Crippen LogP) is 11.6. The molecule has 9 rings (SSSR count). The number of carboxylic acids is 2. The summed E-state index contributed by atoms with van der Waals surface area (Å²) in [7, 11) is 0. The van der Waals surface area contributed by atoms with Gasteiger partial charge in [-0.15, -0.1) is 0 Å². The van der Waals surface area contributed by atoms with E-state index in [1.807, 2.05) is 72.8 Å². The third kappa shape index (κ3) is 6.14. The van der Waals surface area contributed by atoms with E-state index in [4.69, 9.17) is 6.57 Å². The predicted molar refractivity (Wildman–Crippen MR) is 229 cm³/mol. The maximum Gasteiger partial charge on any atom is 0.346 e. The Labute approximate surface area is 332 Å². The maximum absolute atomic E-state index is 11.4. The average molecular weight is 751 g/mol. The molecule has 0 fully saturated rings. The van der Waals surface area contributed by atoms with E-state index in [2.05, 4.69) is 98.9 Å². The van der Waals surface area contributed by atoms with Crippen LogP contribution in [0.4, 0.5) is 0 Å². The van der Waals surface area contributed by atoms with Crippen LogP contribution < -0.4 is 0 Å². The number of para-hydroxylation sites is 2. The monoisotopic (exact) mass is 750 g/mol. The summed E-state index contributed by atoms with van der Waals surface area (Å²) in [4.78, 5) is 25.8. The van der Waals surface area contributed by atoms with Crippen LogP contribution in [0.15, 0.2) is 169 Å². The summed E-state index contributed by atoms with van der Waals surface area (Å²) in [6, 6.07) is 55.0. The minimum absolute atomic E-state index is 0.316. The second-order valence-electron chi connectivity index (χ2n) is 13.9. The van der Waals surface area contributed by atoms with Crippen molar-refractivity contribution in [3.8, 4) is 39.7 Å². The molecule has 0 radical (unpaired) electrons. The van der Waals surface area contributed by atoms with E-state index in [1.165, 1.54) is 12.2 Å². The molecule has 0 bridgehead atoms. The summed E-state index contributed by atoms with van der Waals surface area (Å²) in [5.74, 6) is -2.50. The fourth-order valence-corrected chi connectivity index (χ4v) is 7.76. The first-order valence-electron chi connectivity index (χ1n) is 18.4. The van der Waals surface area contributed by atoms with Gasteiger partial charge in [0.25, 0.3) is 5.70 Å². The van der Waals surface area contributed by atoms with E-state index >= 15 is 0 Å². The smallest absolute Gasteiger partial charge is 0.346 e. The summed E-state index contributed by atoms with van der Waals surface area (Å²) in [6.45, 7) is 7.16. The Morgan fingerprint density at radius 2 is 0.931 bits per heavy atom. The van der Waals surface area contributed by atoms with Gasteiger partial charge < -0.3 is 19.3 Å². The number of fused-ring (bicyclic) bond motifs is 6. The Morgan fingerprint density at radius 1 is 0.517 bits per heavy atom. The SMILES string of the molecule is [C-]#[N+]C(=Cc1ccc(-n2c3ccccc3c3cc(-c4ccc(-c5ccc6c(c5)c5ccccc5n6-c5ccc(C=C(C#N)C(=O)O)cc5)cc4)ccc32)cc1)C(=O)O. The van der Waals surface area contributed by atoms with Crippen LogP contribution in [0, 0.1) is 17.9 Å². The Kier molecular flexibility index (Phi) is 8.70. The third-order valence-electron chi connectivity index (χ3n) is 10.5. The van der Waals surface area contributed by atoms with Crippen LogP contribution in [0.25, 0.3) is 94.2 Å². The molecule has 8 nitrogen and oxygen atoms in total. The van der Waals surface area contributed by atoms with Gasteiger partial charge in [-0.3, -0.25) is 4.79 Å². The van der Waals surface area contributed by atoms with Gasteiger partial charge >= 0.3 is 11.9 Å². The van der Waals surface area contributed by atoms with Gasteiger partial charge in [0.05, 0.1) is 28.6 Å². The van der Waals surface area contributed by atoms with E-state index in [0.29, 0.717) is 11.1 Å². The number of carbonyl (C=O) groups is 2. The van der Waals surface area contributed by atoms with Crippen molar-refractivity contribution in [2.24, 2.45) is 0 Å². The molecule has 2 aromatic heterocycles. The summed E-state index contributed by atoms with van der Waals surface area (Å²) in [6.07, 6.45) is 2.75. The largest absolute Gasteiger partial charge is 0.486 e. The van der Waals surface area contributed by atoms with Crippen molar-refractivity contribution >= 4 is 67.7 Å². The number of carboxylic acid groups (broad SMARTS) is 2. The second kappa shape index (κ2) is 14.3. The standard InChI is InChI=1S/C50H30N4O4/c1-52-44(50(57)58)27-32-12-22-39(23-13-32)54-46-9-5-3-7-41(46)43-29-36(19-25-48(43)54)34-16-14-33(15-17-34)35-18-24-47-42(28-35)40-6-2-4-8-45(40)53(47)38-20-10-31(11-21-38)26-37(30-51)49(55)56/h2-29H,(H,55,56)(H,57,58). The lowest BCUT2D eigenvalue weighted by Crippen LogP contribution is -1.97. The first kappa shape index (κ1) is 35.3. The molecule has 58 heavy (non-hydrogen) atoms. The van der Waals surface area contributed by atoms with Gasteiger partial charge in [0.15, 0.2) is 0 Å². The van der Waals surface area contributed by atoms with Crippen LogP contribution in [0.3, 0.4) is 0 Å². The number of aromatic nitrogens is 2. The van der Waals surface area contributed by atoms with Gasteiger partial charge in [-0.2, -0.15) is 5.26 Å². The highest BCUT2D eigenvalue weighted by molar-refractivity contribution is 6.12. The zero-order chi connectivity index (χ0) is 39.9. The average Bonchev–Trinajstić information content (AvgIpc) is 3.77. The van der Waals surface area contributed by atoms with E-state index in [9.17, 15) is 25.1 Å². The molecule has 274 valence electrons. The maximum atomic E-state index is 11.4. The number of hydrogen-bond donors (Lipinski definition) is 2. The first-order chi connectivity index (χ1) is 28.3. The van der Waals surface area contributed by atoms with Gasteiger partial charge in [0, 0.05) is 32.9 Å². The van der Waals surface area contributed by atoms with Crippen molar-refractivity contribution in [2.45, 2.75) is 0 Å². The number of benzene rings is 7. The van der Waals surface area contributed by atoms with E-state index in [0.717, 1.165) is 77.2 Å². The van der Waals surface area contributed by atoms with Crippen molar-refractivity contribution < 1.29 is 19.8 Å². The summed E-state index contributed by atoms with van der Waals surface area (Å²) < 4.78 is 4.40. The van der Waals surface area contributed by atoms with Gasteiger partial charge in [-0.25, -0.2) is 9.64 Å². The lowest BCUT2D eigenvalue weighted by molar-refractivity contribution is -0.133. The van der Waals surface area contributed by atoms with Crippen molar-refractivity contribution in [2.75, 3.05) is 0 Å². The number of nitrogens with zero attached hydrogens (tertiary/aromatic N) is 4. The summed E-state index contributed by atoms with van der Waals surface area (Å²) in [5, 5.41) is 32.2. The molecule has 0 saturated heterocycles. The van der Waals surface area contributed by atoms with Gasteiger partial charge in [0.2, 0.25) is 0 Å². The van der Waals surface area contributed by atoms with Crippen molar-refractivity contribution in [3.05, 3.63) is 192 Å². The second-order valence-corrected chi connectivity index (χ2v) is 13.9. The van der Waals surface area contributed by atoms with Gasteiger partial charge in [-0.05, 0) is 106 Å². The van der Waals surface area contributed by atoms with Crippen LogP contribution in [0.5, 0.6) is 0 Å². The van der Waals surface area contributed by atoms with Gasteiger partial charge in [0.1, 0.15) is 11.6 Å². The van der Waals surface area contributed by atoms with E-state index in [1.54, 1.807) is 6.07 Å².